The topological polar surface area (TPSA) is 46.2 Å². The molecule has 0 unspecified atom stereocenters. The molecule has 33 valence electrons. The number of rotatable bonds is 1. The lowest BCUT2D eigenvalue weighted by Gasteiger charge is -1.71. The Morgan fingerprint density at radius 3 is 1.80 bits per heavy atom. The van der Waals surface area contributed by atoms with Gasteiger partial charge >= 0.3 is 0 Å². The molecular weight excluding hydrogens is 66.0 g/mol. The van der Waals surface area contributed by atoms with Crippen LogP contribution < -0.4 is 5.73 Å². The van der Waals surface area contributed by atoms with Gasteiger partial charge in [0.05, 0.1) is 6.61 Å². The molecule has 0 aliphatic rings. The van der Waals surface area contributed by atoms with Crippen LogP contribution in [0.5, 0.6) is 0 Å². The van der Waals surface area contributed by atoms with Crippen molar-refractivity contribution in [3.8, 4) is 0 Å². The van der Waals surface area contributed by atoms with Crippen molar-refractivity contribution in [1.29, 1.82) is 0 Å². The van der Waals surface area contributed by atoms with Gasteiger partial charge in [0.15, 0.2) is 0 Å². The number of aliphatic hydroxyl groups is 1. The van der Waals surface area contributed by atoms with Gasteiger partial charge in [-0.2, -0.15) is 0 Å². The van der Waals surface area contributed by atoms with Gasteiger partial charge in [0, 0.05) is 6.54 Å². The van der Waals surface area contributed by atoms with Crippen LogP contribution in [0.4, 0.5) is 0 Å². The zero-order valence-electron chi connectivity index (χ0n) is 3.44. The Morgan fingerprint density at radius 1 is 1.60 bits per heavy atom. The van der Waals surface area contributed by atoms with E-state index in [9.17, 15) is 0 Å². The van der Waals surface area contributed by atoms with Crippen molar-refractivity contribution < 1.29 is 5.11 Å². The second-order valence-electron chi connectivity index (χ2n) is 0.512. The Hall–Kier alpha value is -0.0800. The van der Waals surface area contributed by atoms with Gasteiger partial charge < -0.3 is 10.8 Å². The summed E-state index contributed by atoms with van der Waals surface area (Å²) in [5, 5.41) is 7.75. The molecule has 2 heteroatoms. The van der Waals surface area contributed by atoms with Crippen molar-refractivity contribution in [2.24, 2.45) is 5.73 Å². The van der Waals surface area contributed by atoms with Crippen molar-refractivity contribution in [3.05, 3.63) is 7.43 Å². The van der Waals surface area contributed by atoms with Crippen LogP contribution in [0.2, 0.25) is 0 Å². The molecule has 0 aromatic carbocycles. The Balaban J connectivity index is 0. The normalized spacial score (nSPS) is 6.00. The van der Waals surface area contributed by atoms with Gasteiger partial charge in [0.1, 0.15) is 0 Å². The SMILES string of the molecule is NCCO.[CH3]. The van der Waals surface area contributed by atoms with Crippen LogP contribution >= 0.6 is 0 Å². The Morgan fingerprint density at radius 2 is 1.80 bits per heavy atom. The highest BCUT2D eigenvalue weighted by molar-refractivity contribution is 4.17. The van der Waals surface area contributed by atoms with E-state index in [-0.39, 0.29) is 14.0 Å². The summed E-state index contributed by atoms with van der Waals surface area (Å²) in [4.78, 5) is 0. The van der Waals surface area contributed by atoms with Crippen LogP contribution in [-0.4, -0.2) is 18.3 Å². The largest absolute Gasteiger partial charge is 0.395 e. The molecule has 0 saturated carbocycles. The fourth-order valence-corrected chi connectivity index (χ4v) is 0. The highest BCUT2D eigenvalue weighted by Crippen LogP contribution is 1.33. The van der Waals surface area contributed by atoms with Crippen LogP contribution in [-0.2, 0) is 0 Å². The molecule has 0 aromatic rings. The molecule has 0 aliphatic heterocycles. The summed E-state index contributed by atoms with van der Waals surface area (Å²) < 4.78 is 0. The van der Waals surface area contributed by atoms with Crippen molar-refractivity contribution in [2.75, 3.05) is 13.2 Å². The van der Waals surface area contributed by atoms with Crippen LogP contribution in [0.1, 0.15) is 0 Å². The van der Waals surface area contributed by atoms with E-state index in [0.29, 0.717) is 6.54 Å². The summed E-state index contributed by atoms with van der Waals surface area (Å²) >= 11 is 0. The lowest BCUT2D eigenvalue weighted by molar-refractivity contribution is 0.306. The summed E-state index contributed by atoms with van der Waals surface area (Å²) in [6.07, 6.45) is 0. The molecule has 0 fully saturated rings. The van der Waals surface area contributed by atoms with Crippen molar-refractivity contribution >= 4 is 0 Å². The first-order valence-corrected chi connectivity index (χ1v) is 1.22. The number of hydrogen-bond donors (Lipinski definition) is 2. The molecule has 0 atom stereocenters. The average Bonchev–Trinajstić information content (AvgIpc) is 1.37. The third-order valence-corrected chi connectivity index (χ3v) is 0.129. The molecule has 3 N–H and O–H groups in total. The van der Waals surface area contributed by atoms with E-state index in [1.165, 1.54) is 0 Å². The fourth-order valence-electron chi connectivity index (χ4n) is 0. The zero-order valence-corrected chi connectivity index (χ0v) is 3.44. The first kappa shape index (κ1) is 8.87. The second kappa shape index (κ2) is 9.07. The summed E-state index contributed by atoms with van der Waals surface area (Å²) in [6.45, 7) is 0.472. The third-order valence-electron chi connectivity index (χ3n) is 0.129. The molecule has 1 radical (unpaired) electrons. The lowest BCUT2D eigenvalue weighted by atomic mass is 10.8. The molecule has 2 nitrogen and oxygen atoms in total. The van der Waals surface area contributed by atoms with E-state index in [1.807, 2.05) is 0 Å². The number of hydrogen-bond acceptors (Lipinski definition) is 2. The van der Waals surface area contributed by atoms with E-state index < -0.39 is 0 Å². The molecule has 0 amide bonds. The molecule has 0 saturated heterocycles. The van der Waals surface area contributed by atoms with Gasteiger partial charge in [-0.3, -0.25) is 0 Å². The highest BCUT2D eigenvalue weighted by atomic mass is 16.3. The molecule has 0 heterocycles. The van der Waals surface area contributed by atoms with Crippen LogP contribution in [0.15, 0.2) is 0 Å². The summed E-state index contributed by atoms with van der Waals surface area (Å²) in [6, 6.07) is 0. The summed E-state index contributed by atoms with van der Waals surface area (Å²) in [7, 11) is 0. The minimum absolute atomic E-state index is 0. The summed E-state index contributed by atoms with van der Waals surface area (Å²) in [5.74, 6) is 0. The zero-order chi connectivity index (χ0) is 3.41. The number of nitrogens with two attached hydrogens (primary N) is 1. The molecule has 5 heavy (non-hydrogen) atoms. The van der Waals surface area contributed by atoms with E-state index >= 15 is 0 Å². The van der Waals surface area contributed by atoms with Crippen LogP contribution in [0, 0.1) is 7.43 Å². The first-order chi connectivity index (χ1) is 1.91. The summed E-state index contributed by atoms with van der Waals surface area (Å²) in [5.41, 5.74) is 4.78. The predicted octanol–water partition coefficient (Wildman–Crippen LogP) is -0.612. The lowest BCUT2D eigenvalue weighted by Crippen LogP contribution is -2.02. The quantitative estimate of drug-likeness (QED) is 0.437. The fraction of sp³-hybridized carbons (Fsp3) is 0.667. The maximum absolute atomic E-state index is 7.75. The molecule has 0 rings (SSSR count). The molecular formula is C3H10NO. The van der Waals surface area contributed by atoms with Gasteiger partial charge in [-0.15, -0.1) is 0 Å². The van der Waals surface area contributed by atoms with Gasteiger partial charge in [0.25, 0.3) is 0 Å². The maximum atomic E-state index is 7.75. The van der Waals surface area contributed by atoms with Crippen molar-refractivity contribution in [3.63, 3.8) is 0 Å². The smallest absolute Gasteiger partial charge is 0.0553 e. The minimum Gasteiger partial charge on any atom is -0.395 e. The standard InChI is InChI=1S/C2H7NO.CH3/c3-1-2-4;/h4H,1-3H2;1H3. The monoisotopic (exact) mass is 76.1 g/mol. The van der Waals surface area contributed by atoms with Crippen molar-refractivity contribution in [2.45, 2.75) is 0 Å². The van der Waals surface area contributed by atoms with Gasteiger partial charge in [0.2, 0.25) is 0 Å². The average molecular weight is 76.1 g/mol. The minimum atomic E-state index is 0. The van der Waals surface area contributed by atoms with Crippen LogP contribution in [0.3, 0.4) is 0 Å². The maximum Gasteiger partial charge on any atom is 0.0553 e. The highest BCUT2D eigenvalue weighted by Gasteiger charge is 1.56. The van der Waals surface area contributed by atoms with Crippen molar-refractivity contribution in [1.82, 2.24) is 0 Å². The van der Waals surface area contributed by atoms with E-state index in [0.717, 1.165) is 0 Å². The Labute approximate surface area is 32.6 Å². The molecule has 0 aromatic heterocycles. The Kier molecular flexibility index (Phi) is 16.1. The third kappa shape index (κ3) is 17.1. The Bertz CT molecular complexity index is 8.85. The van der Waals surface area contributed by atoms with Gasteiger partial charge in [-0.25, -0.2) is 0 Å². The first-order valence-electron chi connectivity index (χ1n) is 1.22. The predicted molar refractivity (Wildman–Crippen MR) is 22.6 cm³/mol. The molecule has 0 bridgehead atoms. The molecule has 0 spiro atoms. The number of aliphatic hydroxyl groups excluding tert-OH is 1. The van der Waals surface area contributed by atoms with Gasteiger partial charge in [-0.05, 0) is 0 Å². The van der Waals surface area contributed by atoms with Crippen LogP contribution in [0.25, 0.3) is 0 Å². The molecule has 0 aliphatic carbocycles. The van der Waals surface area contributed by atoms with E-state index in [1.54, 1.807) is 0 Å². The van der Waals surface area contributed by atoms with Gasteiger partial charge in [-0.1, -0.05) is 7.43 Å². The van der Waals surface area contributed by atoms with E-state index in [2.05, 4.69) is 0 Å². The second-order valence-corrected chi connectivity index (χ2v) is 0.512. The van der Waals surface area contributed by atoms with E-state index in [4.69, 9.17) is 10.8 Å².